The highest BCUT2D eigenvalue weighted by molar-refractivity contribution is 5.96. The summed E-state index contributed by atoms with van der Waals surface area (Å²) in [4.78, 5) is 26.7. The number of phenols is 2. The smallest absolute Gasteiger partial charge is 0.309 e. The number of phenolic OH excluding ortho intramolecular Hbond substituents is 2. The molecule has 0 aromatic heterocycles. The van der Waals surface area contributed by atoms with Crippen molar-refractivity contribution in [2.24, 2.45) is 62.6 Å². The molecule has 1 aromatic carbocycles. The summed E-state index contributed by atoms with van der Waals surface area (Å²) < 4.78 is 0. The van der Waals surface area contributed by atoms with Crippen molar-refractivity contribution >= 4 is 17.8 Å². The SMILES string of the molecule is C=C(C)[C@@H]1CC[C@]2(C(=O)O)CC[C@]3(C)[C@H](CCC4[C@@]5(C)CC[C@H](C(=O)C=Cc6ccc(O)c(O)c6)C(C)(C)[C@@H]5CC[C@]43C)[C@@H]12. The zero-order valence-corrected chi connectivity index (χ0v) is 27.8. The Kier molecular flexibility index (Phi) is 7.30. The fourth-order valence-electron chi connectivity index (χ4n) is 13.0. The van der Waals surface area contributed by atoms with Gasteiger partial charge in [0.15, 0.2) is 17.3 Å². The minimum absolute atomic E-state index is 0.0560. The predicted molar refractivity (Wildman–Crippen MR) is 174 cm³/mol. The molecule has 5 fully saturated rings. The van der Waals surface area contributed by atoms with E-state index in [4.69, 9.17) is 0 Å². The fourth-order valence-corrected chi connectivity index (χ4v) is 13.0. The van der Waals surface area contributed by atoms with Crippen molar-refractivity contribution in [3.05, 3.63) is 42.0 Å². The molecule has 5 heteroatoms. The Bertz CT molecular complexity index is 1410. The maximum absolute atomic E-state index is 13.7. The molecule has 5 aliphatic rings. The number of benzene rings is 1. The minimum Gasteiger partial charge on any atom is -0.504 e. The second-order valence-electron chi connectivity index (χ2n) is 17.0. The lowest BCUT2D eigenvalue weighted by Crippen LogP contribution is -2.66. The van der Waals surface area contributed by atoms with Gasteiger partial charge in [0.1, 0.15) is 0 Å². The largest absolute Gasteiger partial charge is 0.504 e. The van der Waals surface area contributed by atoms with Crippen LogP contribution in [0.3, 0.4) is 0 Å². The number of aromatic hydroxyl groups is 2. The van der Waals surface area contributed by atoms with Crippen LogP contribution in [0.1, 0.15) is 111 Å². The lowest BCUT2D eigenvalue weighted by Gasteiger charge is -2.72. The van der Waals surface area contributed by atoms with E-state index in [1.807, 2.05) is 0 Å². The topological polar surface area (TPSA) is 94.8 Å². The van der Waals surface area contributed by atoms with Crippen molar-refractivity contribution in [2.45, 2.75) is 106 Å². The molecule has 0 spiro atoms. The number of ketones is 1. The van der Waals surface area contributed by atoms with Crippen LogP contribution >= 0.6 is 0 Å². The van der Waals surface area contributed by atoms with Gasteiger partial charge in [0.05, 0.1) is 5.41 Å². The molecular weight excluding hydrogens is 548 g/mol. The van der Waals surface area contributed by atoms with Crippen LogP contribution in [0.25, 0.3) is 6.08 Å². The van der Waals surface area contributed by atoms with Gasteiger partial charge in [-0.25, -0.2) is 0 Å². The van der Waals surface area contributed by atoms with Crippen molar-refractivity contribution in [1.82, 2.24) is 0 Å². The van der Waals surface area contributed by atoms with Crippen LogP contribution in [0.4, 0.5) is 0 Å². The monoisotopic (exact) mass is 602 g/mol. The van der Waals surface area contributed by atoms with Gasteiger partial charge in [0, 0.05) is 5.92 Å². The molecule has 10 atom stereocenters. The zero-order chi connectivity index (χ0) is 32.0. The number of carbonyl (C=O) groups is 2. The van der Waals surface area contributed by atoms with Crippen LogP contribution in [0.15, 0.2) is 36.4 Å². The Morgan fingerprint density at radius 1 is 0.841 bits per heavy atom. The molecule has 0 amide bonds. The van der Waals surface area contributed by atoms with E-state index in [0.29, 0.717) is 29.2 Å². The van der Waals surface area contributed by atoms with E-state index in [1.165, 1.54) is 17.7 Å². The van der Waals surface area contributed by atoms with Crippen LogP contribution in [0, 0.1) is 62.6 Å². The van der Waals surface area contributed by atoms with Gasteiger partial charge < -0.3 is 15.3 Å². The molecule has 0 aliphatic heterocycles. The number of carboxylic acid groups (broad SMARTS) is 1. The number of carbonyl (C=O) groups excluding carboxylic acids is 1. The number of carboxylic acids is 1. The van der Waals surface area contributed by atoms with E-state index in [2.05, 4.69) is 48.1 Å². The molecule has 44 heavy (non-hydrogen) atoms. The lowest BCUT2D eigenvalue weighted by atomic mass is 9.32. The Morgan fingerprint density at radius 3 is 2.23 bits per heavy atom. The molecule has 5 saturated carbocycles. The van der Waals surface area contributed by atoms with Crippen molar-refractivity contribution in [3.8, 4) is 11.5 Å². The highest BCUT2D eigenvalue weighted by Crippen LogP contribution is 2.77. The summed E-state index contributed by atoms with van der Waals surface area (Å²) >= 11 is 0. The average Bonchev–Trinajstić information content (AvgIpc) is 3.35. The van der Waals surface area contributed by atoms with E-state index in [0.717, 1.165) is 64.2 Å². The quantitative estimate of drug-likeness (QED) is 0.178. The molecule has 5 aliphatic carbocycles. The minimum atomic E-state index is -0.592. The molecule has 0 radical (unpaired) electrons. The van der Waals surface area contributed by atoms with Gasteiger partial charge in [-0.15, -0.1) is 0 Å². The third kappa shape index (κ3) is 4.15. The molecule has 0 bridgehead atoms. The summed E-state index contributed by atoms with van der Waals surface area (Å²) in [5.41, 5.74) is 1.50. The van der Waals surface area contributed by atoms with E-state index in [-0.39, 0.29) is 50.8 Å². The molecule has 6 rings (SSSR count). The van der Waals surface area contributed by atoms with Crippen LogP contribution in [0.2, 0.25) is 0 Å². The summed E-state index contributed by atoms with van der Waals surface area (Å²) in [6, 6.07) is 4.64. The van der Waals surface area contributed by atoms with E-state index < -0.39 is 11.4 Å². The van der Waals surface area contributed by atoms with Crippen molar-refractivity contribution in [2.75, 3.05) is 0 Å². The average molecular weight is 603 g/mol. The maximum Gasteiger partial charge on any atom is 0.309 e. The van der Waals surface area contributed by atoms with Gasteiger partial charge in [-0.05, 0) is 146 Å². The van der Waals surface area contributed by atoms with Crippen LogP contribution < -0.4 is 0 Å². The second-order valence-corrected chi connectivity index (χ2v) is 17.0. The first kappa shape index (κ1) is 31.4. The van der Waals surface area contributed by atoms with Gasteiger partial charge in [0.25, 0.3) is 0 Å². The lowest BCUT2D eigenvalue weighted by molar-refractivity contribution is -0.242. The number of hydrogen-bond donors (Lipinski definition) is 3. The number of rotatable bonds is 5. The Hall–Kier alpha value is -2.56. The molecular formula is C39H54O5. The summed E-state index contributed by atoms with van der Waals surface area (Å²) in [7, 11) is 0. The highest BCUT2D eigenvalue weighted by Gasteiger charge is 2.72. The standard InChI is InChI=1S/C39H54O5/c1-23(2)25-14-19-39(34(43)44)21-20-37(6)27(33(25)39)10-13-32-36(5)17-15-26(35(3,4)31(36)16-18-38(32,37)7)28(40)11-8-24-9-12-29(41)30(42)22-24/h8-9,11-12,22,25-27,31-33,41-42H,1,10,13-21H2,2-7H3,(H,43,44)/t25-,26+,27+,31-,32?,33+,36-,37+,38+,39-/m0/s1. The van der Waals surface area contributed by atoms with Crippen LogP contribution in [0.5, 0.6) is 11.5 Å². The highest BCUT2D eigenvalue weighted by atomic mass is 16.4. The van der Waals surface area contributed by atoms with Gasteiger partial charge >= 0.3 is 5.97 Å². The van der Waals surface area contributed by atoms with Crippen molar-refractivity contribution in [3.63, 3.8) is 0 Å². The molecule has 240 valence electrons. The van der Waals surface area contributed by atoms with E-state index in [9.17, 15) is 24.9 Å². The molecule has 1 aromatic rings. The first-order valence-electron chi connectivity index (χ1n) is 17.2. The molecule has 3 N–H and O–H groups in total. The van der Waals surface area contributed by atoms with Crippen molar-refractivity contribution in [1.29, 1.82) is 0 Å². The van der Waals surface area contributed by atoms with Gasteiger partial charge in [0.2, 0.25) is 0 Å². The Morgan fingerprint density at radius 2 is 1.57 bits per heavy atom. The van der Waals surface area contributed by atoms with Crippen LogP contribution in [-0.2, 0) is 9.59 Å². The molecule has 5 nitrogen and oxygen atoms in total. The fraction of sp³-hybridized carbons (Fsp3) is 0.692. The maximum atomic E-state index is 13.7. The number of aliphatic carboxylic acids is 1. The van der Waals surface area contributed by atoms with Gasteiger partial charge in [-0.2, -0.15) is 0 Å². The number of hydrogen-bond acceptors (Lipinski definition) is 4. The Labute approximate surface area is 264 Å². The van der Waals surface area contributed by atoms with Crippen molar-refractivity contribution < 1.29 is 24.9 Å². The summed E-state index contributed by atoms with van der Waals surface area (Å²) in [6.07, 6.45) is 13.4. The van der Waals surface area contributed by atoms with E-state index >= 15 is 0 Å². The third-order valence-electron chi connectivity index (χ3n) is 15.3. The first-order valence-corrected chi connectivity index (χ1v) is 17.2. The summed E-state index contributed by atoms with van der Waals surface area (Å²) in [6.45, 7) is 18.8. The number of fused-ring (bicyclic) bond motifs is 7. The third-order valence-corrected chi connectivity index (χ3v) is 15.3. The summed E-state index contributed by atoms with van der Waals surface area (Å²) in [5.74, 6) is 1.08. The van der Waals surface area contributed by atoms with Crippen LogP contribution in [-0.4, -0.2) is 27.1 Å². The molecule has 0 saturated heterocycles. The second kappa shape index (κ2) is 10.2. The van der Waals surface area contributed by atoms with Gasteiger partial charge in [-0.1, -0.05) is 58.9 Å². The first-order chi connectivity index (χ1) is 20.5. The zero-order valence-electron chi connectivity index (χ0n) is 27.8. The Balaban J connectivity index is 1.28. The number of allylic oxidation sites excluding steroid dienone is 2. The predicted octanol–water partition coefficient (Wildman–Crippen LogP) is 9.04. The molecule has 1 unspecified atom stereocenters. The molecule has 0 heterocycles. The normalized spacial score (nSPS) is 44.2. The van der Waals surface area contributed by atoms with E-state index in [1.54, 1.807) is 18.2 Å². The van der Waals surface area contributed by atoms with Gasteiger partial charge in [-0.3, -0.25) is 9.59 Å². The summed E-state index contributed by atoms with van der Waals surface area (Å²) in [5, 5.41) is 30.2.